The second-order valence-electron chi connectivity index (χ2n) is 16.1. The van der Waals surface area contributed by atoms with Gasteiger partial charge in [0.25, 0.3) is 0 Å². The van der Waals surface area contributed by atoms with Gasteiger partial charge in [-0.15, -0.1) is 5.10 Å². The van der Waals surface area contributed by atoms with Gasteiger partial charge in [-0.05, 0) is 118 Å². The molecule has 1 saturated heterocycles. The molecule has 0 saturated carbocycles. The Morgan fingerprint density at radius 2 is 1.87 bits per heavy atom. The van der Waals surface area contributed by atoms with Crippen molar-refractivity contribution in [2.45, 2.75) is 130 Å². The fourth-order valence-corrected chi connectivity index (χ4v) is 8.00. The fraction of sp³-hybridized carbons (Fsp3) is 0.615. The zero-order valence-electron chi connectivity index (χ0n) is 33.2. The van der Waals surface area contributed by atoms with Crippen molar-refractivity contribution in [3.05, 3.63) is 45.9 Å². The summed E-state index contributed by atoms with van der Waals surface area (Å²) >= 11 is 2.39. The van der Waals surface area contributed by atoms with Gasteiger partial charge in [-0.25, -0.2) is 9.36 Å². The van der Waals surface area contributed by atoms with E-state index in [0.717, 1.165) is 68.7 Å². The lowest BCUT2D eigenvalue weighted by atomic mass is 10.1. The lowest BCUT2D eigenvalue weighted by Crippen LogP contribution is -2.41. The minimum Gasteiger partial charge on any atom is -0.473 e. The summed E-state index contributed by atoms with van der Waals surface area (Å²) < 4.78 is 32.5. The molecule has 5 rings (SSSR count). The monoisotopic (exact) mass is 845 g/mol. The molecule has 13 heteroatoms. The number of ether oxygens (including phenoxy) is 3. The number of aryl methyl sites for hydroxylation is 1. The number of rotatable bonds is 16. The predicted molar refractivity (Wildman–Crippen MR) is 220 cm³/mol. The van der Waals surface area contributed by atoms with E-state index in [1.54, 1.807) is 0 Å². The molecule has 1 aliphatic rings. The van der Waals surface area contributed by atoms with E-state index in [1.165, 1.54) is 0 Å². The maximum atomic E-state index is 6.74. The van der Waals surface area contributed by atoms with Crippen LogP contribution in [0.5, 0.6) is 11.8 Å². The van der Waals surface area contributed by atoms with Gasteiger partial charge < -0.3 is 18.6 Å². The summed E-state index contributed by atoms with van der Waals surface area (Å²) in [6, 6.07) is 6.68. The van der Waals surface area contributed by atoms with E-state index in [4.69, 9.17) is 28.8 Å². The SMILES string of the molecule is C=Cc1nn(C2CCCCO2)c2ccc(-c3cnn(C)c3OC(C)CN(Cc3c(I)c(OC(C)C)nn3CCO[Si](C)(C)C(C)(C)C)C(C)C)cc12. The number of hydrogen-bond donors (Lipinski definition) is 0. The third kappa shape index (κ3) is 9.14. The molecule has 52 heavy (non-hydrogen) atoms. The average molecular weight is 846 g/mol. The van der Waals surface area contributed by atoms with Crippen molar-refractivity contribution in [3.8, 4) is 22.9 Å². The standard InChI is InChI=1S/C39H60IN7O4Si/c1-13-32-30-22-29(17-18-33(30)47(42-32)35-16-14-15-20-48-35)31-23-41-44(10)38(31)51-28(6)24-45(26(2)3)25-34-36(40)37(50-27(4)5)43-46(34)19-21-49-52(11,12)39(7,8)9/h13,17-18,22-23,26-28,35H,1,14-16,19-21,24-25H2,2-12H3. The van der Waals surface area contributed by atoms with Gasteiger partial charge in [0.15, 0.2) is 14.5 Å². The summed E-state index contributed by atoms with van der Waals surface area (Å²) in [6.45, 7) is 29.6. The van der Waals surface area contributed by atoms with Crippen LogP contribution in [0.3, 0.4) is 0 Å². The van der Waals surface area contributed by atoms with Crippen molar-refractivity contribution in [3.63, 3.8) is 0 Å². The average Bonchev–Trinajstić information content (AvgIpc) is 3.72. The second kappa shape index (κ2) is 16.7. The van der Waals surface area contributed by atoms with Gasteiger partial charge in [-0.2, -0.15) is 10.2 Å². The number of halogens is 1. The second-order valence-corrected chi connectivity index (χ2v) is 22.0. The molecule has 11 nitrogen and oxygen atoms in total. The highest BCUT2D eigenvalue weighted by molar-refractivity contribution is 14.1. The smallest absolute Gasteiger partial charge is 0.246 e. The third-order valence-corrected chi connectivity index (χ3v) is 15.9. The summed E-state index contributed by atoms with van der Waals surface area (Å²) in [6.07, 6.45) is 6.75. The quantitative estimate of drug-likeness (QED) is 0.0816. The lowest BCUT2D eigenvalue weighted by Gasteiger charge is -2.36. The first-order chi connectivity index (χ1) is 24.5. The van der Waals surface area contributed by atoms with Crippen molar-refractivity contribution < 1.29 is 18.6 Å². The Morgan fingerprint density at radius 3 is 2.50 bits per heavy atom. The minimum absolute atomic E-state index is 0.0297. The molecule has 4 heterocycles. The molecule has 3 aromatic heterocycles. The normalized spacial score (nSPS) is 16.4. The van der Waals surface area contributed by atoms with Crippen LogP contribution in [-0.4, -0.2) is 80.6 Å². The molecule has 0 spiro atoms. The molecule has 1 aromatic carbocycles. The summed E-state index contributed by atoms with van der Waals surface area (Å²) in [5.74, 6) is 1.41. The Balaban J connectivity index is 1.35. The van der Waals surface area contributed by atoms with E-state index >= 15 is 0 Å². The number of benzene rings is 1. The topological polar surface area (TPSA) is 93.6 Å². The first-order valence-electron chi connectivity index (χ1n) is 18.8. The molecule has 0 radical (unpaired) electrons. The van der Waals surface area contributed by atoms with Gasteiger partial charge in [0.1, 0.15) is 6.10 Å². The zero-order chi connectivity index (χ0) is 38.0. The fourth-order valence-electron chi connectivity index (χ4n) is 6.28. The number of nitrogens with zero attached hydrogens (tertiary/aromatic N) is 7. The summed E-state index contributed by atoms with van der Waals surface area (Å²) in [7, 11) is 0.0385. The molecule has 286 valence electrons. The van der Waals surface area contributed by atoms with Crippen LogP contribution in [-0.2, 0) is 29.3 Å². The molecule has 0 aliphatic carbocycles. The highest BCUT2D eigenvalue weighted by atomic mass is 127. The molecule has 0 amide bonds. The van der Waals surface area contributed by atoms with Crippen LogP contribution in [0, 0.1) is 3.57 Å². The molecule has 1 aliphatic heterocycles. The Morgan fingerprint density at radius 1 is 1.12 bits per heavy atom. The highest BCUT2D eigenvalue weighted by Crippen LogP contribution is 2.37. The van der Waals surface area contributed by atoms with E-state index in [-0.39, 0.29) is 29.5 Å². The van der Waals surface area contributed by atoms with Crippen molar-refractivity contribution in [1.29, 1.82) is 0 Å². The Bertz CT molecular complexity index is 1820. The van der Waals surface area contributed by atoms with Gasteiger partial charge in [0, 0.05) is 38.2 Å². The van der Waals surface area contributed by atoms with E-state index < -0.39 is 8.32 Å². The van der Waals surface area contributed by atoms with E-state index in [2.05, 4.69) is 117 Å². The van der Waals surface area contributed by atoms with Gasteiger partial charge in [0.05, 0.1) is 51.5 Å². The molecule has 0 N–H and O–H groups in total. The third-order valence-electron chi connectivity index (χ3n) is 10.3. The van der Waals surface area contributed by atoms with Crippen LogP contribution < -0.4 is 9.47 Å². The minimum atomic E-state index is -1.89. The molecule has 0 bridgehead atoms. The van der Waals surface area contributed by atoms with Gasteiger partial charge in [-0.3, -0.25) is 9.58 Å². The van der Waals surface area contributed by atoms with Gasteiger partial charge in [-0.1, -0.05) is 33.4 Å². The van der Waals surface area contributed by atoms with Gasteiger partial charge in [0.2, 0.25) is 11.8 Å². The van der Waals surface area contributed by atoms with E-state index in [0.29, 0.717) is 32.1 Å². The Labute approximate surface area is 325 Å². The van der Waals surface area contributed by atoms with Crippen LogP contribution in [0.15, 0.2) is 31.0 Å². The molecule has 2 atom stereocenters. The summed E-state index contributed by atoms with van der Waals surface area (Å²) in [5, 5.41) is 15.6. The Kier molecular flexibility index (Phi) is 13.0. The lowest BCUT2D eigenvalue weighted by molar-refractivity contribution is -0.0367. The van der Waals surface area contributed by atoms with Crippen molar-refractivity contribution in [1.82, 2.24) is 34.2 Å². The first-order valence-corrected chi connectivity index (χ1v) is 22.7. The Hall–Kier alpha value is -2.72. The van der Waals surface area contributed by atoms with E-state index in [1.807, 2.05) is 42.5 Å². The molecule has 4 aromatic rings. The van der Waals surface area contributed by atoms with Crippen LogP contribution >= 0.6 is 22.6 Å². The van der Waals surface area contributed by atoms with E-state index in [9.17, 15) is 0 Å². The first kappa shape index (κ1) is 40.5. The van der Waals surface area contributed by atoms with Crippen molar-refractivity contribution in [2.24, 2.45) is 7.05 Å². The maximum Gasteiger partial charge on any atom is 0.246 e. The van der Waals surface area contributed by atoms with Crippen LogP contribution in [0.4, 0.5) is 0 Å². The maximum absolute atomic E-state index is 6.74. The zero-order valence-corrected chi connectivity index (χ0v) is 36.4. The van der Waals surface area contributed by atoms with Crippen molar-refractivity contribution >= 4 is 47.9 Å². The van der Waals surface area contributed by atoms with Gasteiger partial charge >= 0.3 is 0 Å². The summed E-state index contributed by atoms with van der Waals surface area (Å²) in [5.41, 5.74) is 4.98. The van der Waals surface area contributed by atoms with Crippen LogP contribution in [0.2, 0.25) is 18.1 Å². The number of fused-ring (bicyclic) bond motifs is 1. The summed E-state index contributed by atoms with van der Waals surface area (Å²) in [4.78, 5) is 2.44. The largest absolute Gasteiger partial charge is 0.473 e. The molecular formula is C39H60IN7O4Si. The molecule has 1 fully saturated rings. The van der Waals surface area contributed by atoms with Crippen molar-refractivity contribution in [2.75, 3.05) is 19.8 Å². The number of hydrogen-bond acceptors (Lipinski definition) is 8. The van der Waals surface area contributed by atoms with Crippen LogP contribution in [0.25, 0.3) is 28.1 Å². The molecular weight excluding hydrogens is 785 g/mol. The highest BCUT2D eigenvalue weighted by Gasteiger charge is 2.37. The molecule has 2 unspecified atom stereocenters. The van der Waals surface area contributed by atoms with Crippen LogP contribution in [0.1, 0.15) is 92.3 Å². The number of aromatic nitrogens is 6. The predicted octanol–water partition coefficient (Wildman–Crippen LogP) is 9.07.